The van der Waals surface area contributed by atoms with Crippen molar-refractivity contribution >= 4 is 27.3 Å². The first-order chi connectivity index (χ1) is 15.6. The molecule has 2 aromatic carbocycles. The quantitative estimate of drug-likeness (QED) is 0.684. The molecule has 1 saturated carbocycles. The summed E-state index contributed by atoms with van der Waals surface area (Å²) in [6, 6.07) is 13.8. The third-order valence-corrected chi connectivity index (χ3v) is 9.16. The maximum atomic E-state index is 13.6. The summed E-state index contributed by atoms with van der Waals surface area (Å²) < 4.78 is 28.8. The summed E-state index contributed by atoms with van der Waals surface area (Å²) in [6.45, 7) is 10.5. The van der Waals surface area contributed by atoms with Gasteiger partial charge in [-0.3, -0.25) is 4.79 Å². The van der Waals surface area contributed by atoms with Crippen LogP contribution < -0.4 is 9.80 Å². The van der Waals surface area contributed by atoms with Crippen molar-refractivity contribution in [1.82, 2.24) is 4.31 Å². The number of hydrogen-bond donors (Lipinski definition) is 0. The van der Waals surface area contributed by atoms with Crippen LogP contribution in [0.1, 0.15) is 44.7 Å². The summed E-state index contributed by atoms with van der Waals surface area (Å²) in [5.41, 5.74) is 3.88. The molecule has 0 spiro atoms. The van der Waals surface area contributed by atoms with Crippen LogP contribution in [0.25, 0.3) is 0 Å². The number of nitrogens with zero attached hydrogens (tertiary/aromatic N) is 3. The van der Waals surface area contributed by atoms with E-state index in [0.29, 0.717) is 31.1 Å². The lowest BCUT2D eigenvalue weighted by molar-refractivity contribution is -0.119. The minimum absolute atomic E-state index is 0.0767. The molecule has 0 N–H and O–H groups in total. The lowest BCUT2D eigenvalue weighted by Gasteiger charge is -2.40. The predicted molar refractivity (Wildman–Crippen MR) is 131 cm³/mol. The predicted octanol–water partition coefficient (Wildman–Crippen LogP) is 3.93. The molecule has 0 unspecified atom stereocenters. The summed E-state index contributed by atoms with van der Waals surface area (Å²) in [4.78, 5) is 17.3. The molecule has 5 rings (SSSR count). The van der Waals surface area contributed by atoms with Crippen molar-refractivity contribution < 1.29 is 13.2 Å². The maximum Gasteiger partial charge on any atom is 0.243 e. The van der Waals surface area contributed by atoms with Gasteiger partial charge in [0.05, 0.1) is 4.90 Å². The highest BCUT2D eigenvalue weighted by Crippen LogP contribution is 2.44. The van der Waals surface area contributed by atoms with Crippen LogP contribution in [0, 0.1) is 12.8 Å². The van der Waals surface area contributed by atoms with E-state index in [1.54, 1.807) is 10.4 Å². The molecular weight excluding hydrogens is 434 g/mol. The summed E-state index contributed by atoms with van der Waals surface area (Å²) in [6.07, 6.45) is 1.93. The Kier molecular flexibility index (Phi) is 5.33. The first kappa shape index (κ1) is 22.4. The number of carbonyl (C=O) groups excluding carboxylic acids is 1. The summed E-state index contributed by atoms with van der Waals surface area (Å²) >= 11 is 0. The highest BCUT2D eigenvalue weighted by molar-refractivity contribution is 7.89. The fraction of sp³-hybridized carbons (Fsp3) is 0.500. The molecule has 2 aliphatic heterocycles. The van der Waals surface area contributed by atoms with Gasteiger partial charge in [0.1, 0.15) is 0 Å². The maximum absolute atomic E-state index is 13.6. The molecule has 3 aliphatic rings. The summed E-state index contributed by atoms with van der Waals surface area (Å²) in [7, 11) is -3.62. The Morgan fingerprint density at radius 2 is 1.82 bits per heavy atom. The van der Waals surface area contributed by atoms with E-state index in [4.69, 9.17) is 0 Å². The van der Waals surface area contributed by atoms with Crippen molar-refractivity contribution in [2.45, 2.75) is 56.9 Å². The van der Waals surface area contributed by atoms with Gasteiger partial charge in [-0.15, -0.1) is 0 Å². The zero-order valence-corrected chi connectivity index (χ0v) is 20.7. The second kappa shape index (κ2) is 7.84. The number of carbonyl (C=O) groups is 1. The van der Waals surface area contributed by atoms with Crippen molar-refractivity contribution in [2.75, 3.05) is 36.0 Å². The third-order valence-electron chi connectivity index (χ3n) is 7.30. The fourth-order valence-electron chi connectivity index (χ4n) is 5.25. The molecule has 0 aromatic heterocycles. The second-order valence-electron chi connectivity index (χ2n) is 10.5. The minimum Gasteiger partial charge on any atom is -0.366 e. The first-order valence-electron chi connectivity index (χ1n) is 11.9. The second-order valence-corrected chi connectivity index (χ2v) is 12.4. The Balaban J connectivity index is 1.39. The van der Waals surface area contributed by atoms with Gasteiger partial charge in [-0.05, 0) is 68.1 Å². The van der Waals surface area contributed by atoms with Crippen molar-refractivity contribution in [1.29, 1.82) is 0 Å². The van der Waals surface area contributed by atoms with E-state index in [2.05, 4.69) is 50.8 Å². The van der Waals surface area contributed by atoms with Crippen LogP contribution in [-0.2, 0) is 20.2 Å². The van der Waals surface area contributed by atoms with E-state index in [1.807, 2.05) is 23.1 Å². The third kappa shape index (κ3) is 3.95. The molecule has 1 amide bonds. The topological polar surface area (TPSA) is 60.9 Å². The van der Waals surface area contributed by atoms with Crippen molar-refractivity contribution in [3.05, 3.63) is 53.6 Å². The number of fused-ring (bicyclic) bond motifs is 1. The average molecular weight is 468 g/mol. The Morgan fingerprint density at radius 1 is 1.06 bits per heavy atom. The molecule has 7 heteroatoms. The van der Waals surface area contributed by atoms with Crippen LogP contribution in [0.2, 0.25) is 0 Å². The van der Waals surface area contributed by atoms with Gasteiger partial charge < -0.3 is 9.80 Å². The van der Waals surface area contributed by atoms with Gasteiger partial charge in [0.25, 0.3) is 0 Å². The monoisotopic (exact) mass is 467 g/mol. The van der Waals surface area contributed by atoms with Crippen LogP contribution >= 0.6 is 0 Å². The average Bonchev–Trinajstić information content (AvgIpc) is 3.58. The summed E-state index contributed by atoms with van der Waals surface area (Å²) in [5.74, 6) is 0.319. The van der Waals surface area contributed by atoms with Crippen LogP contribution in [0.4, 0.5) is 11.4 Å². The summed E-state index contributed by atoms with van der Waals surface area (Å²) in [5, 5.41) is 0. The number of rotatable bonds is 4. The minimum atomic E-state index is -3.62. The zero-order chi connectivity index (χ0) is 23.5. The van der Waals surface area contributed by atoms with Crippen molar-refractivity contribution in [2.24, 2.45) is 5.92 Å². The van der Waals surface area contributed by atoms with Crippen molar-refractivity contribution in [3.8, 4) is 0 Å². The van der Waals surface area contributed by atoms with Crippen molar-refractivity contribution in [3.63, 3.8) is 0 Å². The van der Waals surface area contributed by atoms with Gasteiger partial charge in [0.15, 0.2) is 0 Å². The van der Waals surface area contributed by atoms with Gasteiger partial charge in [-0.2, -0.15) is 4.31 Å². The van der Waals surface area contributed by atoms with E-state index in [0.717, 1.165) is 29.8 Å². The molecule has 176 valence electrons. The largest absolute Gasteiger partial charge is 0.366 e. The molecule has 2 heterocycles. The number of aryl methyl sites for hydroxylation is 1. The van der Waals surface area contributed by atoms with Gasteiger partial charge in [0, 0.05) is 54.9 Å². The van der Waals surface area contributed by atoms with Crippen LogP contribution in [0.5, 0.6) is 0 Å². The Morgan fingerprint density at radius 3 is 2.48 bits per heavy atom. The molecule has 1 atom stereocenters. The van der Waals surface area contributed by atoms with E-state index in [1.165, 1.54) is 5.56 Å². The van der Waals surface area contributed by atoms with Gasteiger partial charge >= 0.3 is 0 Å². The molecule has 2 fully saturated rings. The molecule has 0 radical (unpaired) electrons. The Bertz CT molecular complexity index is 1200. The van der Waals surface area contributed by atoms with E-state index < -0.39 is 10.0 Å². The Labute approximate surface area is 197 Å². The lowest BCUT2D eigenvalue weighted by atomic mass is 9.87. The van der Waals surface area contributed by atoms with Gasteiger partial charge in [-0.1, -0.05) is 26.0 Å². The SMILES string of the molecule is Cc1cccc(N2CCN(S(=O)(=O)c3ccc4c(c3)C(C)(C)CN4C(=O)C3CC3)C[C@H]2C)c1. The zero-order valence-electron chi connectivity index (χ0n) is 19.9. The fourth-order valence-corrected chi connectivity index (χ4v) is 6.79. The van der Waals surface area contributed by atoms with Crippen LogP contribution in [0.15, 0.2) is 47.4 Å². The Hall–Kier alpha value is -2.38. The molecule has 1 saturated heterocycles. The molecule has 0 bridgehead atoms. The van der Waals surface area contributed by atoms with E-state index in [-0.39, 0.29) is 23.3 Å². The molecular formula is C26H33N3O3S. The normalized spacial score (nSPS) is 23.0. The molecule has 33 heavy (non-hydrogen) atoms. The lowest BCUT2D eigenvalue weighted by Crippen LogP contribution is -2.53. The van der Waals surface area contributed by atoms with Gasteiger partial charge in [-0.25, -0.2) is 8.42 Å². The van der Waals surface area contributed by atoms with Gasteiger partial charge in [0.2, 0.25) is 15.9 Å². The highest BCUT2D eigenvalue weighted by atomic mass is 32.2. The van der Waals surface area contributed by atoms with E-state index in [9.17, 15) is 13.2 Å². The van der Waals surface area contributed by atoms with Crippen LogP contribution in [-0.4, -0.2) is 50.9 Å². The number of benzene rings is 2. The number of piperazine rings is 1. The smallest absolute Gasteiger partial charge is 0.243 e. The first-order valence-corrected chi connectivity index (χ1v) is 13.3. The van der Waals surface area contributed by atoms with E-state index >= 15 is 0 Å². The number of amides is 1. The standard InChI is InChI=1S/C26H33N3O3S/c1-18-6-5-7-21(14-18)28-13-12-27(16-19(28)2)33(31,32)22-10-11-24-23(15-22)26(3,4)17-29(24)25(30)20-8-9-20/h5-7,10-11,14-15,19-20H,8-9,12-13,16-17H2,1-4H3/t19-/m1/s1. The number of hydrogen-bond acceptors (Lipinski definition) is 4. The molecule has 2 aromatic rings. The highest BCUT2D eigenvalue weighted by Gasteiger charge is 2.43. The number of sulfonamides is 1. The van der Waals surface area contributed by atoms with Crippen LogP contribution in [0.3, 0.4) is 0 Å². The number of anilines is 2. The molecule has 6 nitrogen and oxygen atoms in total. The molecule has 1 aliphatic carbocycles.